The molecule has 1 fully saturated rings. The minimum absolute atomic E-state index is 0. The van der Waals surface area contributed by atoms with E-state index in [1.165, 1.54) is 12.8 Å². The molecule has 0 bridgehead atoms. The summed E-state index contributed by atoms with van der Waals surface area (Å²) in [4.78, 5) is 4.12. The molecular formula is C13H18Cl2N2O. The molecule has 1 aliphatic rings. The summed E-state index contributed by atoms with van der Waals surface area (Å²) in [7, 11) is 0. The van der Waals surface area contributed by atoms with E-state index in [0.717, 1.165) is 17.9 Å². The maximum atomic E-state index is 5.98. The van der Waals surface area contributed by atoms with Crippen LogP contribution in [0.5, 0.6) is 5.75 Å². The van der Waals surface area contributed by atoms with Gasteiger partial charge in [-0.3, -0.25) is 0 Å². The fourth-order valence-corrected chi connectivity index (χ4v) is 2.13. The first-order valence-corrected chi connectivity index (χ1v) is 6.29. The highest BCUT2D eigenvalue weighted by molar-refractivity contribution is 6.30. The van der Waals surface area contributed by atoms with Gasteiger partial charge in [-0.2, -0.15) is 0 Å². The number of nitrogens with zero attached hydrogens (tertiary/aromatic N) is 1. The Hall–Kier alpha value is -0.770. The molecule has 1 saturated heterocycles. The van der Waals surface area contributed by atoms with Crippen LogP contribution in [0.15, 0.2) is 24.9 Å². The number of halogens is 2. The van der Waals surface area contributed by atoms with Crippen molar-refractivity contribution in [3.8, 4) is 5.75 Å². The number of nitrogens with one attached hydrogen (secondary N) is 1. The van der Waals surface area contributed by atoms with E-state index in [1.54, 1.807) is 6.20 Å². The van der Waals surface area contributed by atoms with Crippen molar-refractivity contribution < 1.29 is 4.74 Å². The molecule has 0 aliphatic carbocycles. The Labute approximate surface area is 119 Å². The Kier molecular flexibility index (Phi) is 6.47. The molecule has 5 heteroatoms. The average molecular weight is 289 g/mol. The van der Waals surface area contributed by atoms with Gasteiger partial charge in [0.1, 0.15) is 17.5 Å². The first kappa shape index (κ1) is 15.3. The van der Waals surface area contributed by atoms with Crippen LogP contribution in [0.2, 0.25) is 5.15 Å². The molecule has 1 aromatic heterocycles. The quantitative estimate of drug-likeness (QED) is 0.668. The molecule has 2 heterocycles. The minimum atomic E-state index is 0. The third-order valence-electron chi connectivity index (χ3n) is 2.86. The Morgan fingerprint density at radius 2 is 2.44 bits per heavy atom. The molecule has 1 N–H and O–H groups in total. The molecule has 18 heavy (non-hydrogen) atoms. The number of pyridine rings is 1. The van der Waals surface area contributed by atoms with Crippen molar-refractivity contribution in [2.24, 2.45) is 0 Å². The van der Waals surface area contributed by atoms with E-state index in [2.05, 4.69) is 16.9 Å². The lowest BCUT2D eigenvalue weighted by Gasteiger charge is -2.12. The molecule has 1 aromatic rings. The van der Waals surface area contributed by atoms with E-state index < -0.39 is 0 Å². The molecule has 1 aliphatic heterocycles. The number of rotatable bonds is 5. The minimum Gasteiger partial charge on any atom is -0.490 e. The summed E-state index contributed by atoms with van der Waals surface area (Å²) in [6.07, 6.45) is 6.61. The molecule has 0 radical (unpaired) electrons. The Morgan fingerprint density at radius 3 is 3.11 bits per heavy atom. The van der Waals surface area contributed by atoms with Gasteiger partial charge >= 0.3 is 0 Å². The van der Waals surface area contributed by atoms with Crippen molar-refractivity contribution in [3.05, 3.63) is 35.6 Å². The van der Waals surface area contributed by atoms with Gasteiger partial charge in [0.2, 0.25) is 0 Å². The van der Waals surface area contributed by atoms with Gasteiger partial charge < -0.3 is 10.1 Å². The van der Waals surface area contributed by atoms with Crippen LogP contribution in [0, 0.1) is 0 Å². The summed E-state index contributed by atoms with van der Waals surface area (Å²) in [6, 6.07) is 2.40. The average Bonchev–Trinajstić information content (AvgIpc) is 2.83. The highest BCUT2D eigenvalue weighted by Gasteiger charge is 2.14. The molecule has 100 valence electrons. The smallest absolute Gasteiger partial charge is 0.138 e. The molecule has 2 rings (SSSR count). The van der Waals surface area contributed by atoms with Gasteiger partial charge in [-0.15, -0.1) is 19.0 Å². The number of hydrogen-bond donors (Lipinski definition) is 1. The zero-order valence-electron chi connectivity index (χ0n) is 10.2. The van der Waals surface area contributed by atoms with Crippen molar-refractivity contribution in [2.75, 3.05) is 13.2 Å². The van der Waals surface area contributed by atoms with Crippen molar-refractivity contribution in [1.82, 2.24) is 10.3 Å². The highest BCUT2D eigenvalue weighted by atomic mass is 35.5. The number of hydrogen-bond acceptors (Lipinski definition) is 3. The van der Waals surface area contributed by atoms with Gasteiger partial charge in [0.15, 0.2) is 0 Å². The van der Waals surface area contributed by atoms with Gasteiger partial charge in [-0.25, -0.2) is 4.98 Å². The van der Waals surface area contributed by atoms with Crippen LogP contribution >= 0.6 is 24.0 Å². The first-order chi connectivity index (χ1) is 8.29. The van der Waals surface area contributed by atoms with Crippen LogP contribution < -0.4 is 10.1 Å². The van der Waals surface area contributed by atoms with E-state index >= 15 is 0 Å². The van der Waals surface area contributed by atoms with E-state index in [4.69, 9.17) is 16.3 Å². The predicted molar refractivity (Wildman–Crippen MR) is 76.9 cm³/mol. The maximum Gasteiger partial charge on any atom is 0.138 e. The normalized spacial score (nSPS) is 18.2. The van der Waals surface area contributed by atoms with Gasteiger partial charge in [-0.05, 0) is 37.4 Å². The SMILES string of the molecule is C=CCc1cc(OC[C@@H]2CCCN2)cnc1Cl.Cl. The van der Waals surface area contributed by atoms with Crippen LogP contribution in [-0.2, 0) is 6.42 Å². The second-order valence-corrected chi connectivity index (χ2v) is 4.58. The first-order valence-electron chi connectivity index (χ1n) is 5.91. The summed E-state index contributed by atoms with van der Waals surface area (Å²) in [5.74, 6) is 0.778. The number of ether oxygens (including phenoxy) is 1. The number of allylic oxidation sites excluding steroid dienone is 1. The monoisotopic (exact) mass is 288 g/mol. The zero-order chi connectivity index (χ0) is 12.1. The third kappa shape index (κ3) is 4.16. The summed E-state index contributed by atoms with van der Waals surface area (Å²) < 4.78 is 5.71. The second-order valence-electron chi connectivity index (χ2n) is 4.22. The molecule has 0 amide bonds. The fraction of sp³-hybridized carbons (Fsp3) is 0.462. The second kappa shape index (κ2) is 7.62. The van der Waals surface area contributed by atoms with Crippen molar-refractivity contribution in [1.29, 1.82) is 0 Å². The molecule has 0 spiro atoms. The lowest BCUT2D eigenvalue weighted by atomic mass is 10.2. The Balaban J connectivity index is 0.00000162. The van der Waals surface area contributed by atoms with E-state index in [9.17, 15) is 0 Å². The molecule has 3 nitrogen and oxygen atoms in total. The van der Waals surface area contributed by atoms with Gasteiger partial charge in [-0.1, -0.05) is 17.7 Å². The molecule has 0 aromatic carbocycles. The Morgan fingerprint density at radius 1 is 1.61 bits per heavy atom. The molecule has 0 saturated carbocycles. The van der Waals surface area contributed by atoms with E-state index in [1.807, 2.05) is 12.1 Å². The lowest BCUT2D eigenvalue weighted by molar-refractivity contribution is 0.276. The summed E-state index contributed by atoms with van der Waals surface area (Å²) >= 11 is 5.98. The van der Waals surface area contributed by atoms with E-state index in [-0.39, 0.29) is 12.4 Å². The number of aromatic nitrogens is 1. The summed E-state index contributed by atoms with van der Waals surface area (Å²) in [5.41, 5.74) is 0.957. The van der Waals surface area contributed by atoms with Crippen LogP contribution in [0.3, 0.4) is 0 Å². The van der Waals surface area contributed by atoms with Gasteiger partial charge in [0.05, 0.1) is 6.20 Å². The predicted octanol–water partition coefficient (Wildman–Crippen LogP) is 3.02. The van der Waals surface area contributed by atoms with Gasteiger partial charge in [0, 0.05) is 6.04 Å². The molecule has 0 unspecified atom stereocenters. The fourth-order valence-electron chi connectivity index (χ4n) is 1.95. The van der Waals surface area contributed by atoms with Crippen LogP contribution in [0.25, 0.3) is 0 Å². The van der Waals surface area contributed by atoms with E-state index in [0.29, 0.717) is 24.2 Å². The molecular weight excluding hydrogens is 271 g/mol. The standard InChI is InChI=1S/C13H17ClN2O.ClH/c1-2-4-10-7-12(8-16-13(10)14)17-9-11-5-3-6-15-11;/h2,7-8,11,15H,1,3-6,9H2;1H/t11-;/m0./s1. The lowest BCUT2D eigenvalue weighted by Crippen LogP contribution is -2.28. The third-order valence-corrected chi connectivity index (χ3v) is 3.20. The highest BCUT2D eigenvalue weighted by Crippen LogP contribution is 2.20. The Bertz CT molecular complexity index is 393. The van der Waals surface area contributed by atoms with Crippen LogP contribution in [0.1, 0.15) is 18.4 Å². The summed E-state index contributed by atoms with van der Waals surface area (Å²) in [6.45, 7) is 5.48. The largest absolute Gasteiger partial charge is 0.490 e. The van der Waals surface area contributed by atoms with Crippen molar-refractivity contribution in [3.63, 3.8) is 0 Å². The van der Waals surface area contributed by atoms with Crippen LogP contribution in [0.4, 0.5) is 0 Å². The van der Waals surface area contributed by atoms with Crippen molar-refractivity contribution in [2.45, 2.75) is 25.3 Å². The van der Waals surface area contributed by atoms with Gasteiger partial charge in [0.25, 0.3) is 0 Å². The van der Waals surface area contributed by atoms with Crippen LogP contribution in [-0.4, -0.2) is 24.2 Å². The summed E-state index contributed by atoms with van der Waals surface area (Å²) in [5, 5.41) is 3.91. The zero-order valence-corrected chi connectivity index (χ0v) is 11.8. The van der Waals surface area contributed by atoms with Crippen molar-refractivity contribution >= 4 is 24.0 Å². The molecule has 1 atom stereocenters. The maximum absolute atomic E-state index is 5.98. The topological polar surface area (TPSA) is 34.1 Å².